The van der Waals surface area contributed by atoms with Gasteiger partial charge in [0.25, 0.3) is 0 Å². The highest BCUT2D eigenvalue weighted by Crippen LogP contribution is 2.40. The van der Waals surface area contributed by atoms with E-state index in [1.54, 1.807) is 6.92 Å². The average molecular weight is 361 g/mol. The predicted octanol–water partition coefficient (Wildman–Crippen LogP) is 4.33. The molecule has 6 heteroatoms. The molecule has 5 nitrogen and oxygen atoms in total. The first kappa shape index (κ1) is 18.7. The van der Waals surface area contributed by atoms with Crippen molar-refractivity contribution in [3.63, 3.8) is 0 Å². The molecule has 2 aromatic rings. The lowest BCUT2D eigenvalue weighted by atomic mass is 9.79. The van der Waals surface area contributed by atoms with Crippen molar-refractivity contribution in [2.45, 2.75) is 58.2 Å². The summed E-state index contributed by atoms with van der Waals surface area (Å²) in [5.74, 6) is -0.263. The fourth-order valence-electron chi connectivity index (χ4n) is 3.82. The minimum Gasteiger partial charge on any atom is -0.444 e. The van der Waals surface area contributed by atoms with E-state index < -0.39 is 17.4 Å². The normalized spacial score (nSPS) is 24.1. The Bertz CT molecular complexity index is 835. The van der Waals surface area contributed by atoms with Gasteiger partial charge < -0.3 is 9.64 Å². The number of piperidine rings is 1. The highest BCUT2D eigenvalue weighted by Gasteiger charge is 2.43. The van der Waals surface area contributed by atoms with Gasteiger partial charge in [-0.1, -0.05) is 12.1 Å². The Morgan fingerprint density at radius 2 is 2.08 bits per heavy atom. The number of amides is 1. The molecule has 0 bridgehead atoms. The number of benzene rings is 1. The molecule has 2 atom stereocenters. The number of carbonyl (C=O) groups excluding carboxylic acids is 1. The summed E-state index contributed by atoms with van der Waals surface area (Å²) in [6.45, 7) is 9.52. The Morgan fingerprint density at radius 3 is 2.69 bits per heavy atom. The maximum absolute atomic E-state index is 15.5. The number of nitrogens with zero attached hydrogens (tertiary/aromatic N) is 3. The lowest BCUT2D eigenvalue weighted by molar-refractivity contribution is -0.00786. The van der Waals surface area contributed by atoms with Gasteiger partial charge in [-0.05, 0) is 52.7 Å². The van der Waals surface area contributed by atoms with Crippen molar-refractivity contribution in [3.05, 3.63) is 29.5 Å². The number of hydrogen-bond acceptors (Lipinski definition) is 3. The van der Waals surface area contributed by atoms with Crippen LogP contribution in [0.15, 0.2) is 18.2 Å². The molecule has 1 fully saturated rings. The van der Waals surface area contributed by atoms with Crippen LogP contribution in [0.3, 0.4) is 0 Å². The number of likely N-dealkylation sites (tertiary alicyclic amines) is 1. The van der Waals surface area contributed by atoms with Crippen molar-refractivity contribution < 1.29 is 13.9 Å². The summed E-state index contributed by atoms with van der Waals surface area (Å²) >= 11 is 0. The number of alkyl halides is 1. The first-order valence-corrected chi connectivity index (χ1v) is 9.08. The van der Waals surface area contributed by atoms with Gasteiger partial charge in [-0.25, -0.2) is 9.18 Å². The van der Waals surface area contributed by atoms with E-state index in [9.17, 15) is 4.79 Å². The third-order valence-corrected chi connectivity index (χ3v) is 5.03. The molecule has 0 saturated carbocycles. The zero-order valence-corrected chi connectivity index (χ0v) is 16.5. The molecule has 1 aliphatic rings. The van der Waals surface area contributed by atoms with E-state index >= 15 is 4.39 Å². The van der Waals surface area contributed by atoms with Gasteiger partial charge in [-0.15, -0.1) is 0 Å². The van der Waals surface area contributed by atoms with E-state index in [1.165, 1.54) is 4.90 Å². The number of carbonyl (C=O) groups is 1. The molecule has 0 N–H and O–H groups in total. The minimum absolute atomic E-state index is 0.0367. The van der Waals surface area contributed by atoms with Crippen molar-refractivity contribution in [1.82, 2.24) is 14.7 Å². The van der Waals surface area contributed by atoms with Crippen LogP contribution in [0.2, 0.25) is 0 Å². The van der Waals surface area contributed by atoms with Gasteiger partial charge in [0.05, 0.1) is 17.8 Å². The summed E-state index contributed by atoms with van der Waals surface area (Å²) in [6.07, 6.45) is 0.117. The number of rotatable bonds is 1. The van der Waals surface area contributed by atoms with Gasteiger partial charge in [0.2, 0.25) is 0 Å². The fourth-order valence-corrected chi connectivity index (χ4v) is 3.82. The topological polar surface area (TPSA) is 47.4 Å². The Hall–Kier alpha value is -2.11. The van der Waals surface area contributed by atoms with Crippen LogP contribution in [0.1, 0.15) is 51.3 Å². The number of aromatic nitrogens is 2. The maximum Gasteiger partial charge on any atom is 0.410 e. The highest BCUT2D eigenvalue weighted by molar-refractivity contribution is 5.82. The summed E-state index contributed by atoms with van der Waals surface area (Å²) in [4.78, 5) is 13.8. The molecule has 2 unspecified atom stereocenters. The van der Waals surface area contributed by atoms with Crippen LogP contribution in [0.4, 0.5) is 9.18 Å². The highest BCUT2D eigenvalue weighted by atomic mass is 19.1. The van der Waals surface area contributed by atoms with Crippen LogP contribution >= 0.6 is 0 Å². The van der Waals surface area contributed by atoms with E-state index in [4.69, 9.17) is 4.74 Å². The van der Waals surface area contributed by atoms with Crippen molar-refractivity contribution >= 4 is 17.0 Å². The van der Waals surface area contributed by atoms with Crippen LogP contribution in [-0.4, -0.2) is 45.1 Å². The van der Waals surface area contributed by atoms with Gasteiger partial charge in [0.15, 0.2) is 0 Å². The van der Waals surface area contributed by atoms with E-state index in [2.05, 4.69) is 5.10 Å². The third kappa shape index (κ3) is 3.55. The van der Waals surface area contributed by atoms with Crippen molar-refractivity contribution in [2.75, 3.05) is 13.1 Å². The lowest BCUT2D eigenvalue weighted by Crippen LogP contribution is -2.51. The summed E-state index contributed by atoms with van der Waals surface area (Å²) < 4.78 is 22.7. The van der Waals surface area contributed by atoms with E-state index in [0.717, 1.165) is 22.2 Å². The monoisotopic (exact) mass is 361 g/mol. The molecule has 1 aliphatic heterocycles. The molecule has 0 radical (unpaired) electrons. The van der Waals surface area contributed by atoms with Crippen molar-refractivity contribution in [3.8, 4) is 0 Å². The summed E-state index contributed by atoms with van der Waals surface area (Å²) in [6, 6.07) is 6.03. The van der Waals surface area contributed by atoms with E-state index in [-0.39, 0.29) is 12.5 Å². The molecule has 2 heterocycles. The number of hydrogen-bond donors (Lipinski definition) is 0. The first-order chi connectivity index (χ1) is 12.0. The SMILES string of the molecule is Cc1nn(C)c2cc(C3CCN(C(=O)OC(C)(C)C)CC3(C)F)ccc12. The molecular formula is C20H28FN3O2. The molecule has 1 saturated heterocycles. The molecule has 26 heavy (non-hydrogen) atoms. The Labute approximate surface area is 154 Å². The smallest absolute Gasteiger partial charge is 0.410 e. The molecule has 0 aliphatic carbocycles. The van der Waals surface area contributed by atoms with Crippen LogP contribution in [0.25, 0.3) is 10.9 Å². The van der Waals surface area contributed by atoms with Gasteiger partial charge in [-0.3, -0.25) is 4.68 Å². The molecule has 0 spiro atoms. The standard InChI is InChI=1S/C20H28FN3O2/c1-13-15-8-7-14(11-17(15)23(6)22-13)16-9-10-24(12-20(16,5)21)18(25)26-19(2,3)4/h7-8,11,16H,9-10,12H2,1-6H3. The third-order valence-electron chi connectivity index (χ3n) is 5.03. The van der Waals surface area contributed by atoms with Crippen molar-refractivity contribution in [1.29, 1.82) is 0 Å². The average Bonchev–Trinajstić information content (AvgIpc) is 2.79. The second-order valence-corrected chi connectivity index (χ2v) is 8.51. The number of halogens is 1. The van der Waals surface area contributed by atoms with Gasteiger partial charge in [-0.2, -0.15) is 5.10 Å². The number of fused-ring (bicyclic) bond motifs is 1. The predicted molar refractivity (Wildman–Crippen MR) is 100 cm³/mol. The van der Waals surface area contributed by atoms with Gasteiger partial charge in [0.1, 0.15) is 11.3 Å². The Morgan fingerprint density at radius 1 is 1.38 bits per heavy atom. The van der Waals surface area contributed by atoms with Crippen molar-refractivity contribution in [2.24, 2.45) is 7.05 Å². The molecule has 142 valence electrons. The Kier molecular flexibility index (Phi) is 4.49. The van der Waals surface area contributed by atoms with Gasteiger partial charge in [0, 0.05) is 24.9 Å². The van der Waals surface area contributed by atoms with E-state index in [1.807, 2.05) is 57.6 Å². The lowest BCUT2D eigenvalue weighted by Gasteiger charge is -2.41. The quantitative estimate of drug-likeness (QED) is 0.759. The van der Waals surface area contributed by atoms with Gasteiger partial charge >= 0.3 is 6.09 Å². The minimum atomic E-state index is -1.52. The second kappa shape index (κ2) is 6.25. The largest absolute Gasteiger partial charge is 0.444 e. The number of aryl methyl sites for hydroxylation is 2. The van der Waals surface area contributed by atoms with Crippen LogP contribution < -0.4 is 0 Å². The first-order valence-electron chi connectivity index (χ1n) is 9.08. The molecule has 1 aromatic carbocycles. The summed E-state index contributed by atoms with van der Waals surface area (Å²) in [5.41, 5.74) is 0.830. The zero-order chi connectivity index (χ0) is 19.3. The molecule has 1 aromatic heterocycles. The second-order valence-electron chi connectivity index (χ2n) is 8.51. The molecule has 1 amide bonds. The maximum atomic E-state index is 15.5. The number of ether oxygens (including phenoxy) is 1. The zero-order valence-electron chi connectivity index (χ0n) is 16.5. The van der Waals surface area contributed by atoms with Crippen LogP contribution in [0.5, 0.6) is 0 Å². The van der Waals surface area contributed by atoms with E-state index in [0.29, 0.717) is 13.0 Å². The van der Waals surface area contributed by atoms with Crippen LogP contribution in [0, 0.1) is 6.92 Å². The Balaban J connectivity index is 1.83. The van der Waals surface area contributed by atoms with Crippen LogP contribution in [-0.2, 0) is 11.8 Å². The summed E-state index contributed by atoms with van der Waals surface area (Å²) in [7, 11) is 1.90. The molecular weight excluding hydrogens is 333 g/mol. The fraction of sp³-hybridized carbons (Fsp3) is 0.600. The molecule has 3 rings (SSSR count). The summed E-state index contributed by atoms with van der Waals surface area (Å²) in [5, 5.41) is 5.52.